The molecule has 0 saturated heterocycles. The van der Waals surface area contributed by atoms with E-state index in [1.165, 1.54) is 36.9 Å². The Bertz CT molecular complexity index is 762. The van der Waals surface area contributed by atoms with Crippen molar-refractivity contribution < 1.29 is 4.79 Å². The summed E-state index contributed by atoms with van der Waals surface area (Å²) in [5.74, 6) is 0.0984. The maximum atomic E-state index is 13.6. The summed E-state index contributed by atoms with van der Waals surface area (Å²) in [5, 5.41) is 4.65. The SMILES string of the molecule is Cn1nc(C(=O)N(Cc2ccccn2)C2CCCCC2)c2c1CCCC2. The molecule has 26 heavy (non-hydrogen) atoms. The Labute approximate surface area is 155 Å². The quantitative estimate of drug-likeness (QED) is 0.843. The maximum absolute atomic E-state index is 13.6. The third-order valence-corrected chi connectivity index (χ3v) is 5.90. The number of fused-ring (bicyclic) bond motifs is 1. The normalized spacial score (nSPS) is 17.7. The van der Waals surface area contributed by atoms with Crippen molar-refractivity contribution in [3.8, 4) is 0 Å². The highest BCUT2D eigenvalue weighted by Crippen LogP contribution is 2.29. The molecule has 1 amide bonds. The monoisotopic (exact) mass is 352 g/mol. The van der Waals surface area contributed by atoms with E-state index in [4.69, 9.17) is 0 Å². The number of hydrogen-bond acceptors (Lipinski definition) is 3. The summed E-state index contributed by atoms with van der Waals surface area (Å²) in [7, 11) is 1.98. The minimum atomic E-state index is 0.0984. The van der Waals surface area contributed by atoms with Crippen molar-refractivity contribution in [1.29, 1.82) is 0 Å². The van der Waals surface area contributed by atoms with Crippen LogP contribution in [-0.2, 0) is 26.4 Å². The van der Waals surface area contributed by atoms with Crippen LogP contribution in [0.5, 0.6) is 0 Å². The number of hydrogen-bond donors (Lipinski definition) is 0. The number of aromatic nitrogens is 3. The zero-order chi connectivity index (χ0) is 17.9. The summed E-state index contributed by atoms with van der Waals surface area (Å²) < 4.78 is 1.93. The number of aryl methyl sites for hydroxylation is 1. The smallest absolute Gasteiger partial charge is 0.275 e. The predicted molar refractivity (Wildman–Crippen MR) is 101 cm³/mol. The molecule has 2 aliphatic rings. The molecule has 138 valence electrons. The fourth-order valence-corrected chi connectivity index (χ4v) is 4.51. The first-order valence-corrected chi connectivity index (χ1v) is 9.99. The highest BCUT2D eigenvalue weighted by atomic mass is 16.2. The van der Waals surface area contributed by atoms with Gasteiger partial charge in [-0.25, -0.2) is 0 Å². The van der Waals surface area contributed by atoms with Crippen LogP contribution in [0.4, 0.5) is 0 Å². The summed E-state index contributed by atoms with van der Waals surface area (Å²) in [6, 6.07) is 6.23. The minimum Gasteiger partial charge on any atom is -0.328 e. The lowest BCUT2D eigenvalue weighted by Gasteiger charge is -2.34. The van der Waals surface area contributed by atoms with Crippen LogP contribution in [0.1, 0.15) is 72.4 Å². The topological polar surface area (TPSA) is 51.0 Å². The van der Waals surface area contributed by atoms with Crippen molar-refractivity contribution in [2.45, 2.75) is 70.4 Å². The second-order valence-electron chi connectivity index (χ2n) is 7.65. The van der Waals surface area contributed by atoms with Crippen LogP contribution in [0, 0.1) is 0 Å². The van der Waals surface area contributed by atoms with Crippen LogP contribution in [-0.4, -0.2) is 31.6 Å². The molecule has 0 aliphatic heterocycles. The maximum Gasteiger partial charge on any atom is 0.275 e. The van der Waals surface area contributed by atoms with Gasteiger partial charge in [-0.1, -0.05) is 25.3 Å². The second kappa shape index (κ2) is 7.60. The predicted octanol–water partition coefficient (Wildman–Crippen LogP) is 3.67. The lowest BCUT2D eigenvalue weighted by Crippen LogP contribution is -2.41. The van der Waals surface area contributed by atoms with Crippen LogP contribution >= 0.6 is 0 Å². The molecule has 5 nitrogen and oxygen atoms in total. The van der Waals surface area contributed by atoms with Crippen LogP contribution in [0.2, 0.25) is 0 Å². The first kappa shape index (κ1) is 17.3. The first-order chi connectivity index (χ1) is 12.7. The molecule has 1 fully saturated rings. The van der Waals surface area contributed by atoms with E-state index in [0.29, 0.717) is 18.3 Å². The highest BCUT2D eigenvalue weighted by molar-refractivity contribution is 5.94. The van der Waals surface area contributed by atoms with Crippen molar-refractivity contribution >= 4 is 5.91 Å². The van der Waals surface area contributed by atoms with Gasteiger partial charge in [0.05, 0.1) is 12.2 Å². The van der Waals surface area contributed by atoms with E-state index in [2.05, 4.69) is 15.0 Å². The second-order valence-corrected chi connectivity index (χ2v) is 7.65. The molecule has 0 unspecified atom stereocenters. The van der Waals surface area contributed by atoms with Crippen LogP contribution in [0.3, 0.4) is 0 Å². The minimum absolute atomic E-state index is 0.0984. The number of carbonyl (C=O) groups is 1. The average Bonchev–Trinajstić information content (AvgIpc) is 3.04. The number of carbonyl (C=O) groups excluding carboxylic acids is 1. The van der Waals surface area contributed by atoms with Crippen molar-refractivity contribution in [1.82, 2.24) is 19.7 Å². The molecule has 2 aliphatic carbocycles. The third kappa shape index (κ3) is 3.39. The van der Waals surface area contributed by atoms with Gasteiger partial charge in [-0.15, -0.1) is 0 Å². The molecule has 2 aromatic rings. The molecule has 0 atom stereocenters. The lowest BCUT2D eigenvalue weighted by atomic mass is 9.92. The Morgan fingerprint density at radius 1 is 1.15 bits per heavy atom. The van der Waals surface area contributed by atoms with E-state index in [1.807, 2.05) is 36.1 Å². The summed E-state index contributed by atoms with van der Waals surface area (Å²) in [6.45, 7) is 0.579. The average molecular weight is 352 g/mol. The van der Waals surface area contributed by atoms with Crippen molar-refractivity contribution in [2.24, 2.45) is 7.05 Å². The van der Waals surface area contributed by atoms with Gasteiger partial charge in [0.15, 0.2) is 5.69 Å². The van der Waals surface area contributed by atoms with E-state index in [1.54, 1.807) is 0 Å². The van der Waals surface area contributed by atoms with E-state index >= 15 is 0 Å². The van der Waals surface area contributed by atoms with Gasteiger partial charge in [0.25, 0.3) is 5.91 Å². The highest BCUT2D eigenvalue weighted by Gasteiger charge is 2.31. The van der Waals surface area contributed by atoms with E-state index in [0.717, 1.165) is 37.8 Å². The molecule has 0 radical (unpaired) electrons. The fraction of sp³-hybridized carbons (Fsp3) is 0.571. The van der Waals surface area contributed by atoms with Gasteiger partial charge in [0, 0.05) is 30.5 Å². The zero-order valence-electron chi connectivity index (χ0n) is 15.7. The van der Waals surface area contributed by atoms with E-state index < -0.39 is 0 Å². The zero-order valence-corrected chi connectivity index (χ0v) is 15.7. The number of pyridine rings is 1. The van der Waals surface area contributed by atoms with Crippen molar-refractivity contribution in [2.75, 3.05) is 0 Å². The Morgan fingerprint density at radius 2 is 1.96 bits per heavy atom. The molecule has 4 rings (SSSR count). The van der Waals surface area contributed by atoms with Crippen LogP contribution < -0.4 is 0 Å². The molecule has 0 N–H and O–H groups in total. The van der Waals surface area contributed by atoms with Crippen LogP contribution in [0.15, 0.2) is 24.4 Å². The summed E-state index contributed by atoms with van der Waals surface area (Å²) in [6.07, 6.45) is 12.0. The Kier molecular flexibility index (Phi) is 5.05. The largest absolute Gasteiger partial charge is 0.328 e. The number of amides is 1. The van der Waals surface area contributed by atoms with Gasteiger partial charge in [0.1, 0.15) is 0 Å². The molecule has 1 saturated carbocycles. The summed E-state index contributed by atoms with van der Waals surface area (Å²) in [4.78, 5) is 20.1. The molecule has 2 heterocycles. The van der Waals surface area contributed by atoms with E-state index in [-0.39, 0.29) is 5.91 Å². The van der Waals surface area contributed by atoms with E-state index in [9.17, 15) is 4.79 Å². The van der Waals surface area contributed by atoms with Gasteiger partial charge in [-0.05, 0) is 50.7 Å². The molecule has 0 spiro atoms. The Balaban J connectivity index is 1.65. The number of nitrogens with zero attached hydrogens (tertiary/aromatic N) is 4. The fourth-order valence-electron chi connectivity index (χ4n) is 4.51. The van der Waals surface area contributed by atoms with Crippen molar-refractivity contribution in [3.63, 3.8) is 0 Å². The standard InChI is InChI=1S/C21H28N4O/c1-24-19-13-6-5-12-18(19)20(23-24)21(26)25(17-10-3-2-4-11-17)15-16-9-7-8-14-22-16/h7-9,14,17H,2-6,10-13,15H2,1H3. The first-order valence-electron chi connectivity index (χ1n) is 9.99. The molecular formula is C21H28N4O. The Hall–Kier alpha value is -2.17. The molecule has 0 aromatic carbocycles. The third-order valence-electron chi connectivity index (χ3n) is 5.90. The lowest BCUT2D eigenvalue weighted by molar-refractivity contribution is 0.0603. The van der Waals surface area contributed by atoms with Crippen molar-refractivity contribution in [3.05, 3.63) is 47.0 Å². The van der Waals surface area contributed by atoms with Gasteiger partial charge in [-0.2, -0.15) is 5.10 Å². The Morgan fingerprint density at radius 3 is 2.73 bits per heavy atom. The molecule has 5 heteroatoms. The van der Waals surface area contributed by atoms with Gasteiger partial charge in [0.2, 0.25) is 0 Å². The molecular weight excluding hydrogens is 324 g/mol. The molecule has 2 aromatic heterocycles. The summed E-state index contributed by atoms with van der Waals surface area (Å²) in [5.41, 5.74) is 4.08. The summed E-state index contributed by atoms with van der Waals surface area (Å²) >= 11 is 0. The molecule has 0 bridgehead atoms. The van der Waals surface area contributed by atoms with Gasteiger partial charge < -0.3 is 4.90 Å². The number of rotatable bonds is 4. The van der Waals surface area contributed by atoms with Crippen LogP contribution in [0.25, 0.3) is 0 Å². The van der Waals surface area contributed by atoms with Gasteiger partial charge >= 0.3 is 0 Å². The van der Waals surface area contributed by atoms with Gasteiger partial charge in [-0.3, -0.25) is 14.5 Å².